The Balaban J connectivity index is 1.36. The van der Waals surface area contributed by atoms with Crippen LogP contribution in [0.4, 0.5) is 0 Å². The molecule has 200 valence electrons. The molecule has 5 rings (SSSR count). The van der Waals surface area contributed by atoms with Crippen molar-refractivity contribution in [2.45, 2.75) is 69.5 Å². The minimum atomic E-state index is -0.109. The molecule has 3 aliphatic heterocycles. The van der Waals surface area contributed by atoms with Crippen molar-refractivity contribution < 1.29 is 9.53 Å². The lowest BCUT2D eigenvalue weighted by Crippen LogP contribution is -2.45. The molecule has 6 nitrogen and oxygen atoms in total. The van der Waals surface area contributed by atoms with Crippen molar-refractivity contribution in [3.8, 4) is 5.75 Å². The molecule has 4 unspecified atom stereocenters. The highest BCUT2D eigenvalue weighted by molar-refractivity contribution is 5.80. The van der Waals surface area contributed by atoms with Gasteiger partial charge < -0.3 is 4.74 Å². The summed E-state index contributed by atoms with van der Waals surface area (Å²) < 4.78 is 5.62. The van der Waals surface area contributed by atoms with E-state index in [2.05, 4.69) is 63.2 Å². The maximum atomic E-state index is 13.1. The molecule has 1 amide bonds. The Kier molecular flexibility index (Phi) is 8.80. The van der Waals surface area contributed by atoms with Gasteiger partial charge in [-0.25, -0.2) is 5.01 Å². The second-order valence-corrected chi connectivity index (χ2v) is 11.1. The number of nitrogens with zero attached hydrogens (tertiary/aromatic N) is 3. The van der Waals surface area contributed by atoms with Crippen LogP contribution < -0.4 is 10.2 Å². The van der Waals surface area contributed by atoms with Crippen LogP contribution in [-0.2, 0) is 4.79 Å². The molecule has 6 heteroatoms. The van der Waals surface area contributed by atoms with E-state index < -0.39 is 0 Å². The quantitative estimate of drug-likeness (QED) is 0.512. The predicted octanol–water partition coefficient (Wildman–Crippen LogP) is 4.87. The van der Waals surface area contributed by atoms with Crippen molar-refractivity contribution in [3.63, 3.8) is 0 Å². The van der Waals surface area contributed by atoms with Crippen LogP contribution in [0.5, 0.6) is 5.75 Å². The van der Waals surface area contributed by atoms with Gasteiger partial charge in [0.1, 0.15) is 5.75 Å². The number of allylic oxidation sites excluding steroid dienone is 1. The summed E-state index contributed by atoms with van der Waals surface area (Å²) in [6, 6.07) is 9.82. The lowest BCUT2D eigenvalue weighted by molar-refractivity contribution is -0.128. The van der Waals surface area contributed by atoms with Gasteiger partial charge in [-0.3, -0.25) is 20.0 Å². The molecule has 4 aliphatic rings. The van der Waals surface area contributed by atoms with Crippen LogP contribution in [0, 0.1) is 5.92 Å². The zero-order chi connectivity index (χ0) is 25.6. The van der Waals surface area contributed by atoms with E-state index in [-0.39, 0.29) is 17.9 Å². The fourth-order valence-electron chi connectivity index (χ4n) is 6.75. The molecule has 2 bridgehead atoms. The molecule has 1 aromatic rings. The molecule has 3 fully saturated rings. The summed E-state index contributed by atoms with van der Waals surface area (Å²) in [6.07, 6.45) is 18.0. The summed E-state index contributed by atoms with van der Waals surface area (Å²) >= 11 is 0. The SMILES string of the molecule is C=CCN1CCC2CCC(C1)N2C(C1=CCC(C(=O)NN2CCCCCC2)C=C1)c1cccc(OC)c1. The Hall–Kier alpha value is -2.41. The van der Waals surface area contributed by atoms with Gasteiger partial charge in [-0.2, -0.15) is 0 Å². The number of hydrogen-bond donors (Lipinski definition) is 1. The first-order valence-electron chi connectivity index (χ1n) is 14.3. The lowest BCUT2D eigenvalue weighted by atomic mass is 9.88. The van der Waals surface area contributed by atoms with Gasteiger partial charge in [0, 0.05) is 44.8 Å². The van der Waals surface area contributed by atoms with Crippen molar-refractivity contribution >= 4 is 5.91 Å². The molecule has 0 saturated carbocycles. The van der Waals surface area contributed by atoms with Crippen LogP contribution >= 0.6 is 0 Å². The van der Waals surface area contributed by atoms with Crippen LogP contribution in [0.3, 0.4) is 0 Å². The van der Waals surface area contributed by atoms with Crippen molar-refractivity contribution in [1.82, 2.24) is 20.2 Å². The minimum absolute atomic E-state index is 0.109. The number of likely N-dealkylation sites (tertiary alicyclic amines) is 1. The molecular weight excluding hydrogens is 460 g/mol. The smallest absolute Gasteiger partial charge is 0.241 e. The monoisotopic (exact) mass is 504 g/mol. The largest absolute Gasteiger partial charge is 0.497 e. The Morgan fingerprint density at radius 2 is 1.95 bits per heavy atom. The number of carbonyl (C=O) groups is 1. The summed E-state index contributed by atoms with van der Waals surface area (Å²) in [6.45, 7) is 9.07. The highest BCUT2D eigenvalue weighted by Gasteiger charge is 2.42. The maximum absolute atomic E-state index is 13.1. The van der Waals surface area contributed by atoms with E-state index in [1.54, 1.807) is 7.11 Å². The molecule has 3 saturated heterocycles. The standard InChI is InChI=1S/C31H44N4O2/c1-3-18-33-21-17-27-15-16-28(23-33)35(27)30(26-9-8-10-29(22-26)37-2)24-11-13-25(14-12-24)31(36)32-34-19-6-4-5-7-20-34/h3,8-13,22,25,27-28,30H,1,4-7,14-21,23H2,2H3,(H,32,36). The third-order valence-electron chi connectivity index (χ3n) is 8.67. The van der Waals surface area contributed by atoms with Gasteiger partial charge in [0.2, 0.25) is 5.91 Å². The maximum Gasteiger partial charge on any atom is 0.241 e. The third-order valence-corrected chi connectivity index (χ3v) is 8.67. The number of methoxy groups -OCH3 is 1. The van der Waals surface area contributed by atoms with E-state index in [0.29, 0.717) is 12.1 Å². The molecule has 0 radical (unpaired) electrons. The molecule has 4 atom stereocenters. The number of ether oxygens (including phenoxy) is 1. The summed E-state index contributed by atoms with van der Waals surface area (Å²) in [5.74, 6) is 0.913. The minimum Gasteiger partial charge on any atom is -0.497 e. The third kappa shape index (κ3) is 6.19. The molecular formula is C31H44N4O2. The normalized spacial score (nSPS) is 28.1. The Morgan fingerprint density at radius 3 is 2.68 bits per heavy atom. The number of benzene rings is 1. The molecule has 0 spiro atoms. The van der Waals surface area contributed by atoms with E-state index in [4.69, 9.17) is 4.74 Å². The van der Waals surface area contributed by atoms with Crippen LogP contribution in [0.15, 0.2) is 60.7 Å². The topological polar surface area (TPSA) is 48.0 Å². The van der Waals surface area contributed by atoms with E-state index in [1.807, 2.05) is 12.1 Å². The van der Waals surface area contributed by atoms with Gasteiger partial charge >= 0.3 is 0 Å². The molecule has 1 aliphatic carbocycles. The van der Waals surface area contributed by atoms with Gasteiger partial charge in [0.25, 0.3) is 0 Å². The zero-order valence-corrected chi connectivity index (χ0v) is 22.5. The van der Waals surface area contributed by atoms with Gasteiger partial charge in [-0.05, 0) is 61.8 Å². The van der Waals surface area contributed by atoms with Crippen LogP contribution in [0.2, 0.25) is 0 Å². The number of amides is 1. The first-order chi connectivity index (χ1) is 18.2. The molecule has 1 N–H and O–H groups in total. The second kappa shape index (κ2) is 12.4. The Morgan fingerprint density at radius 1 is 1.14 bits per heavy atom. The zero-order valence-electron chi connectivity index (χ0n) is 22.5. The number of rotatable bonds is 8. The van der Waals surface area contributed by atoms with Crippen molar-refractivity contribution in [2.75, 3.05) is 39.8 Å². The van der Waals surface area contributed by atoms with Gasteiger partial charge in [0.15, 0.2) is 0 Å². The average molecular weight is 505 g/mol. The van der Waals surface area contributed by atoms with Crippen LogP contribution in [-0.4, -0.2) is 72.6 Å². The summed E-state index contributed by atoms with van der Waals surface area (Å²) in [7, 11) is 1.74. The summed E-state index contributed by atoms with van der Waals surface area (Å²) in [5.41, 5.74) is 5.79. The number of hydrazine groups is 1. The van der Waals surface area contributed by atoms with E-state index in [9.17, 15) is 4.79 Å². The van der Waals surface area contributed by atoms with Gasteiger partial charge in [-0.15, -0.1) is 6.58 Å². The first-order valence-corrected chi connectivity index (χ1v) is 14.3. The van der Waals surface area contributed by atoms with Crippen molar-refractivity contribution in [3.05, 3.63) is 66.3 Å². The fourth-order valence-corrected chi connectivity index (χ4v) is 6.75. The average Bonchev–Trinajstić information content (AvgIpc) is 3.05. The van der Waals surface area contributed by atoms with E-state index in [1.165, 1.54) is 43.2 Å². The van der Waals surface area contributed by atoms with E-state index in [0.717, 1.165) is 57.7 Å². The van der Waals surface area contributed by atoms with E-state index >= 15 is 0 Å². The summed E-state index contributed by atoms with van der Waals surface area (Å²) in [5, 5.41) is 2.13. The van der Waals surface area contributed by atoms with Gasteiger partial charge in [0.05, 0.1) is 19.1 Å². The Bertz CT molecular complexity index is 997. The Labute approximate surface area is 223 Å². The van der Waals surface area contributed by atoms with Gasteiger partial charge in [-0.1, -0.05) is 49.3 Å². The predicted molar refractivity (Wildman–Crippen MR) is 149 cm³/mol. The lowest BCUT2D eigenvalue weighted by Gasteiger charge is -2.38. The highest BCUT2D eigenvalue weighted by Crippen LogP contribution is 2.43. The molecule has 37 heavy (non-hydrogen) atoms. The summed E-state index contributed by atoms with van der Waals surface area (Å²) in [4.78, 5) is 18.4. The number of nitrogens with one attached hydrogen (secondary N) is 1. The fraction of sp³-hybridized carbons (Fsp3) is 0.581. The number of fused-ring (bicyclic) bond motifs is 2. The van der Waals surface area contributed by atoms with Crippen molar-refractivity contribution in [2.24, 2.45) is 5.92 Å². The van der Waals surface area contributed by atoms with Crippen LogP contribution in [0.1, 0.15) is 63.0 Å². The number of hydrogen-bond acceptors (Lipinski definition) is 5. The molecule has 3 heterocycles. The van der Waals surface area contributed by atoms with Crippen molar-refractivity contribution in [1.29, 1.82) is 0 Å². The number of carbonyl (C=O) groups excluding carboxylic acids is 1. The highest BCUT2D eigenvalue weighted by atomic mass is 16.5. The molecule has 0 aromatic heterocycles. The first kappa shape index (κ1) is 26.2. The second-order valence-electron chi connectivity index (χ2n) is 11.1. The molecule has 1 aromatic carbocycles. The van der Waals surface area contributed by atoms with Crippen LogP contribution in [0.25, 0.3) is 0 Å².